The van der Waals surface area contributed by atoms with E-state index in [1.165, 1.54) is 6.20 Å². The number of allylic oxidation sites excluding steroid dienone is 1. The number of anilines is 1. The number of hydrogen-bond acceptors (Lipinski definition) is 6. The van der Waals surface area contributed by atoms with Crippen molar-refractivity contribution < 1.29 is 0 Å². The molecule has 1 aromatic carbocycles. The van der Waals surface area contributed by atoms with Gasteiger partial charge in [0.25, 0.3) is 0 Å². The minimum Gasteiger partial charge on any atom is -0.359 e. The molecule has 20 heavy (non-hydrogen) atoms. The van der Waals surface area contributed by atoms with Crippen molar-refractivity contribution in [2.45, 2.75) is 6.92 Å². The highest BCUT2D eigenvalue weighted by molar-refractivity contribution is 6.31. The van der Waals surface area contributed by atoms with Crippen LogP contribution in [0.3, 0.4) is 0 Å². The molecular formula is C12H8ClN7. The summed E-state index contributed by atoms with van der Waals surface area (Å²) in [5.74, 6) is 0.164. The van der Waals surface area contributed by atoms with Gasteiger partial charge in [-0.2, -0.15) is 15.7 Å². The molecule has 0 aliphatic heterocycles. The van der Waals surface area contributed by atoms with Crippen LogP contribution in [0.4, 0.5) is 5.69 Å². The first kappa shape index (κ1) is 13.5. The minimum atomic E-state index is 0.164. The molecule has 2 rings (SSSR count). The smallest absolute Gasteiger partial charge is 0.216 e. The number of halogens is 1. The summed E-state index contributed by atoms with van der Waals surface area (Å²) in [6.45, 7) is 1.81. The number of benzene rings is 1. The highest BCUT2D eigenvalue weighted by Crippen LogP contribution is 2.25. The molecule has 0 fully saturated rings. The molecule has 0 aliphatic rings. The number of hydrogen-bond donors (Lipinski definition) is 2. The zero-order chi connectivity index (χ0) is 14.5. The van der Waals surface area contributed by atoms with Crippen LogP contribution >= 0.6 is 11.6 Å². The lowest BCUT2D eigenvalue weighted by Gasteiger charge is -2.06. The quantitative estimate of drug-likeness (QED) is 0.834. The average molecular weight is 286 g/mol. The number of rotatable bonds is 3. The van der Waals surface area contributed by atoms with Crippen molar-refractivity contribution in [2.24, 2.45) is 0 Å². The second kappa shape index (κ2) is 5.83. The van der Waals surface area contributed by atoms with Crippen molar-refractivity contribution in [3.63, 3.8) is 0 Å². The van der Waals surface area contributed by atoms with Crippen LogP contribution in [-0.4, -0.2) is 20.6 Å². The van der Waals surface area contributed by atoms with E-state index in [2.05, 4.69) is 32.0 Å². The minimum absolute atomic E-state index is 0.164. The first-order valence-corrected chi connectivity index (χ1v) is 5.84. The van der Waals surface area contributed by atoms with E-state index in [9.17, 15) is 0 Å². The molecule has 98 valence electrons. The standard InChI is InChI=1S/C12H8ClN7/c1-7-2-8(4-14)11(3-10(7)13)16-6-9(5-15)12-17-19-20-18-12/h2-3,6,16H,1H3,(H,17,18,19,20). The molecule has 0 radical (unpaired) electrons. The number of nitriles is 2. The van der Waals surface area contributed by atoms with Crippen LogP contribution in [0.25, 0.3) is 5.57 Å². The van der Waals surface area contributed by atoms with E-state index in [0.29, 0.717) is 16.3 Å². The predicted molar refractivity (Wildman–Crippen MR) is 72.3 cm³/mol. The highest BCUT2D eigenvalue weighted by atomic mass is 35.5. The van der Waals surface area contributed by atoms with Gasteiger partial charge in [0, 0.05) is 11.2 Å². The van der Waals surface area contributed by atoms with Gasteiger partial charge in [0.2, 0.25) is 5.82 Å². The second-order valence-corrected chi connectivity index (χ2v) is 4.22. The Morgan fingerprint density at radius 1 is 1.45 bits per heavy atom. The number of tetrazole rings is 1. The van der Waals surface area contributed by atoms with Crippen LogP contribution in [0, 0.1) is 29.6 Å². The molecule has 0 atom stereocenters. The summed E-state index contributed by atoms with van der Waals surface area (Å²) in [6, 6.07) is 7.28. The largest absolute Gasteiger partial charge is 0.359 e. The Morgan fingerprint density at radius 3 is 2.85 bits per heavy atom. The van der Waals surface area contributed by atoms with Gasteiger partial charge >= 0.3 is 0 Å². The fourth-order valence-corrected chi connectivity index (χ4v) is 1.63. The molecule has 1 heterocycles. The molecule has 2 N–H and O–H groups in total. The number of H-pyrrole nitrogens is 1. The van der Waals surface area contributed by atoms with Gasteiger partial charge in [-0.3, -0.25) is 0 Å². The number of aromatic nitrogens is 4. The van der Waals surface area contributed by atoms with Crippen molar-refractivity contribution in [1.29, 1.82) is 10.5 Å². The predicted octanol–water partition coefficient (Wildman–Crippen LogP) is 2.01. The molecule has 8 heteroatoms. The Kier molecular flexibility index (Phi) is 3.94. The van der Waals surface area contributed by atoms with E-state index in [-0.39, 0.29) is 11.4 Å². The van der Waals surface area contributed by atoms with Crippen LogP contribution < -0.4 is 5.32 Å². The molecule has 0 unspecified atom stereocenters. The third-order valence-electron chi connectivity index (χ3n) is 2.50. The monoisotopic (exact) mass is 285 g/mol. The van der Waals surface area contributed by atoms with E-state index in [1.54, 1.807) is 12.1 Å². The van der Waals surface area contributed by atoms with Gasteiger partial charge in [-0.15, -0.1) is 10.2 Å². The zero-order valence-electron chi connectivity index (χ0n) is 10.3. The third kappa shape index (κ3) is 2.74. The van der Waals surface area contributed by atoms with Gasteiger partial charge in [0.1, 0.15) is 17.7 Å². The summed E-state index contributed by atoms with van der Waals surface area (Å²) < 4.78 is 0. The second-order valence-electron chi connectivity index (χ2n) is 3.81. The first-order chi connectivity index (χ1) is 9.65. The molecule has 7 nitrogen and oxygen atoms in total. The summed E-state index contributed by atoms with van der Waals surface area (Å²) >= 11 is 6.02. The Bertz CT molecular complexity index is 734. The normalized spacial score (nSPS) is 10.7. The molecule has 0 amide bonds. The van der Waals surface area contributed by atoms with Crippen LogP contribution in [0.2, 0.25) is 5.02 Å². The van der Waals surface area contributed by atoms with Crippen molar-refractivity contribution in [2.75, 3.05) is 5.32 Å². The van der Waals surface area contributed by atoms with Crippen LogP contribution in [-0.2, 0) is 0 Å². The molecule has 0 aliphatic carbocycles. The third-order valence-corrected chi connectivity index (χ3v) is 2.91. The van der Waals surface area contributed by atoms with Crippen molar-refractivity contribution >= 4 is 22.9 Å². The van der Waals surface area contributed by atoms with Gasteiger partial charge in [0.05, 0.1) is 11.3 Å². The molecule has 0 saturated heterocycles. The summed E-state index contributed by atoms with van der Waals surface area (Å²) in [5, 5.41) is 34.5. The molecule has 1 aromatic heterocycles. The average Bonchev–Trinajstić information content (AvgIpc) is 2.97. The summed E-state index contributed by atoms with van der Waals surface area (Å²) in [4.78, 5) is 0. The number of nitrogens with zero attached hydrogens (tertiary/aromatic N) is 5. The number of aromatic amines is 1. The number of aryl methyl sites for hydroxylation is 1. The molecule has 2 aromatic rings. The lowest BCUT2D eigenvalue weighted by molar-refractivity contribution is 0.881. The zero-order valence-corrected chi connectivity index (χ0v) is 11.1. The maximum atomic E-state index is 9.08. The Balaban J connectivity index is 2.34. The fraction of sp³-hybridized carbons (Fsp3) is 0.0833. The lowest BCUT2D eigenvalue weighted by Crippen LogP contribution is -1.96. The van der Waals surface area contributed by atoms with Crippen molar-refractivity contribution in [3.05, 3.63) is 40.3 Å². The fourth-order valence-electron chi connectivity index (χ4n) is 1.47. The van der Waals surface area contributed by atoms with Crippen LogP contribution in [0.5, 0.6) is 0 Å². The van der Waals surface area contributed by atoms with E-state index in [4.69, 9.17) is 22.1 Å². The van der Waals surface area contributed by atoms with Gasteiger partial charge in [0.15, 0.2) is 0 Å². The van der Waals surface area contributed by atoms with E-state index in [0.717, 1.165) is 5.56 Å². The van der Waals surface area contributed by atoms with Crippen LogP contribution in [0.15, 0.2) is 18.3 Å². The highest BCUT2D eigenvalue weighted by Gasteiger charge is 2.08. The lowest BCUT2D eigenvalue weighted by atomic mass is 10.1. The van der Waals surface area contributed by atoms with Crippen LogP contribution in [0.1, 0.15) is 17.0 Å². The number of nitrogens with one attached hydrogen (secondary N) is 2. The van der Waals surface area contributed by atoms with E-state index >= 15 is 0 Å². The maximum Gasteiger partial charge on any atom is 0.216 e. The van der Waals surface area contributed by atoms with E-state index in [1.807, 2.05) is 13.0 Å². The summed E-state index contributed by atoms with van der Waals surface area (Å²) in [6.07, 6.45) is 1.40. The molecule has 0 spiro atoms. The van der Waals surface area contributed by atoms with Gasteiger partial charge in [-0.1, -0.05) is 11.6 Å². The van der Waals surface area contributed by atoms with E-state index < -0.39 is 0 Å². The van der Waals surface area contributed by atoms with Gasteiger partial charge in [-0.25, -0.2) is 0 Å². The molecule has 0 bridgehead atoms. The Labute approximate surface area is 119 Å². The van der Waals surface area contributed by atoms with Crippen molar-refractivity contribution in [3.8, 4) is 12.1 Å². The Morgan fingerprint density at radius 2 is 2.25 bits per heavy atom. The van der Waals surface area contributed by atoms with Gasteiger partial charge in [-0.05, 0) is 29.8 Å². The first-order valence-electron chi connectivity index (χ1n) is 5.46. The maximum absolute atomic E-state index is 9.08. The van der Waals surface area contributed by atoms with Gasteiger partial charge < -0.3 is 5.32 Å². The topological polar surface area (TPSA) is 114 Å². The SMILES string of the molecule is Cc1cc(C#N)c(NC=C(C#N)c2nn[nH]n2)cc1Cl. The van der Waals surface area contributed by atoms with Crippen molar-refractivity contribution in [1.82, 2.24) is 20.6 Å². The summed E-state index contributed by atoms with van der Waals surface area (Å²) in [7, 11) is 0. The molecular weight excluding hydrogens is 278 g/mol. The summed E-state index contributed by atoms with van der Waals surface area (Å²) in [5.41, 5.74) is 1.91. The Hall–Kier alpha value is -2.90. The molecule has 0 saturated carbocycles.